The predicted octanol–water partition coefficient (Wildman–Crippen LogP) is 5.67. The van der Waals surface area contributed by atoms with Crippen molar-refractivity contribution in [3.63, 3.8) is 0 Å². The minimum Gasteiger partial charge on any atom is -0.340 e. The fraction of sp³-hybridized carbons (Fsp3) is 0.0476. The molecule has 0 spiro atoms. The second-order valence-electron chi connectivity index (χ2n) is 5.64. The molecule has 1 N–H and O–H groups in total. The average molecular weight is 343 g/mol. The first-order valence-corrected chi connectivity index (χ1v) is 9.13. The van der Waals surface area contributed by atoms with Gasteiger partial charge in [0.05, 0.1) is 5.52 Å². The van der Waals surface area contributed by atoms with Crippen molar-refractivity contribution >= 4 is 34.2 Å². The van der Waals surface area contributed by atoms with Crippen molar-refractivity contribution in [1.29, 1.82) is 0 Å². The summed E-state index contributed by atoms with van der Waals surface area (Å²) < 4.78 is 0. The quantitative estimate of drug-likeness (QED) is 0.374. The highest BCUT2D eigenvalue weighted by molar-refractivity contribution is 7.98. The van der Waals surface area contributed by atoms with Crippen LogP contribution in [0.25, 0.3) is 10.9 Å². The molecule has 4 rings (SSSR count). The lowest BCUT2D eigenvalue weighted by molar-refractivity contribution is 1.01. The summed E-state index contributed by atoms with van der Waals surface area (Å²) >= 11 is 1.65. The minimum absolute atomic E-state index is 0.779. The number of para-hydroxylation sites is 2. The molecule has 0 saturated carbocycles. The average Bonchev–Trinajstić information content (AvgIpc) is 2.68. The molecule has 0 fully saturated rings. The van der Waals surface area contributed by atoms with E-state index >= 15 is 0 Å². The third-order valence-electron chi connectivity index (χ3n) is 3.83. The van der Waals surface area contributed by atoms with E-state index in [4.69, 9.17) is 9.97 Å². The molecule has 25 heavy (non-hydrogen) atoms. The van der Waals surface area contributed by atoms with Gasteiger partial charge in [-0.25, -0.2) is 9.97 Å². The first-order valence-electron chi connectivity index (χ1n) is 8.14. The summed E-state index contributed by atoms with van der Waals surface area (Å²) in [7, 11) is 0. The van der Waals surface area contributed by atoms with Crippen molar-refractivity contribution in [3.05, 3.63) is 90.5 Å². The number of rotatable bonds is 5. The van der Waals surface area contributed by atoms with Crippen LogP contribution in [0.5, 0.6) is 0 Å². The van der Waals surface area contributed by atoms with E-state index in [1.165, 1.54) is 5.56 Å². The Kier molecular flexibility index (Phi) is 4.61. The van der Waals surface area contributed by atoms with Gasteiger partial charge in [0.15, 0.2) is 5.16 Å². The number of anilines is 2. The van der Waals surface area contributed by atoms with Crippen LogP contribution in [-0.2, 0) is 5.75 Å². The standard InChI is InChI=1S/C21H17N3S/c1-3-9-16(10-4-1)15-25-21-23-19-14-8-7-13-18(19)20(24-21)22-17-11-5-2-6-12-17/h1-14H,15H2,(H,22,23,24). The van der Waals surface area contributed by atoms with Crippen LogP contribution in [-0.4, -0.2) is 9.97 Å². The molecular formula is C21H17N3S. The maximum absolute atomic E-state index is 4.75. The van der Waals surface area contributed by atoms with Gasteiger partial charge in [0.2, 0.25) is 0 Å². The molecule has 122 valence electrons. The lowest BCUT2D eigenvalue weighted by Gasteiger charge is -2.10. The molecule has 0 aliphatic rings. The van der Waals surface area contributed by atoms with E-state index in [-0.39, 0.29) is 0 Å². The Balaban J connectivity index is 1.66. The summed E-state index contributed by atoms with van der Waals surface area (Å²) in [5, 5.41) is 5.22. The SMILES string of the molecule is c1ccc(CSc2nc(Nc3ccccc3)c3ccccc3n2)cc1. The van der Waals surface area contributed by atoms with Gasteiger partial charge in [-0.2, -0.15) is 0 Å². The number of nitrogens with one attached hydrogen (secondary N) is 1. The number of hydrogen-bond acceptors (Lipinski definition) is 4. The van der Waals surface area contributed by atoms with E-state index in [1.807, 2.05) is 60.7 Å². The van der Waals surface area contributed by atoms with Crippen LogP contribution < -0.4 is 5.32 Å². The van der Waals surface area contributed by atoms with Crippen LogP contribution in [0, 0.1) is 0 Å². The van der Waals surface area contributed by atoms with Gasteiger partial charge in [-0.1, -0.05) is 72.4 Å². The molecule has 0 aliphatic heterocycles. The first-order chi connectivity index (χ1) is 12.4. The van der Waals surface area contributed by atoms with Crippen LogP contribution in [0.15, 0.2) is 90.1 Å². The zero-order valence-electron chi connectivity index (χ0n) is 13.6. The summed E-state index contributed by atoms with van der Waals surface area (Å²) in [6.07, 6.45) is 0. The monoisotopic (exact) mass is 343 g/mol. The third-order valence-corrected chi connectivity index (χ3v) is 4.75. The maximum atomic E-state index is 4.75. The maximum Gasteiger partial charge on any atom is 0.190 e. The zero-order valence-corrected chi connectivity index (χ0v) is 14.4. The van der Waals surface area contributed by atoms with E-state index in [1.54, 1.807) is 11.8 Å². The lowest BCUT2D eigenvalue weighted by Crippen LogP contribution is -1.98. The van der Waals surface area contributed by atoms with Gasteiger partial charge in [-0.15, -0.1) is 0 Å². The molecule has 1 aromatic heterocycles. The Hall–Kier alpha value is -2.85. The minimum atomic E-state index is 0.779. The number of thioether (sulfide) groups is 1. The van der Waals surface area contributed by atoms with Gasteiger partial charge in [-0.05, 0) is 29.8 Å². The molecule has 0 saturated heterocycles. The van der Waals surface area contributed by atoms with Crippen LogP contribution in [0.2, 0.25) is 0 Å². The molecule has 0 bridgehead atoms. The Morgan fingerprint density at radius 2 is 1.40 bits per heavy atom. The van der Waals surface area contributed by atoms with Crippen LogP contribution in [0.4, 0.5) is 11.5 Å². The van der Waals surface area contributed by atoms with Gasteiger partial charge in [-0.3, -0.25) is 0 Å². The fourth-order valence-corrected chi connectivity index (χ4v) is 3.40. The Morgan fingerprint density at radius 3 is 2.20 bits per heavy atom. The van der Waals surface area contributed by atoms with Gasteiger partial charge in [0, 0.05) is 16.8 Å². The Labute approximate surface area is 151 Å². The number of fused-ring (bicyclic) bond motifs is 1. The van der Waals surface area contributed by atoms with Crippen LogP contribution >= 0.6 is 11.8 Å². The van der Waals surface area contributed by atoms with Crippen molar-refractivity contribution in [2.24, 2.45) is 0 Å². The van der Waals surface area contributed by atoms with Gasteiger partial charge >= 0.3 is 0 Å². The largest absolute Gasteiger partial charge is 0.340 e. The number of benzene rings is 3. The number of aromatic nitrogens is 2. The lowest BCUT2D eigenvalue weighted by atomic mass is 10.2. The van der Waals surface area contributed by atoms with Crippen molar-refractivity contribution in [3.8, 4) is 0 Å². The van der Waals surface area contributed by atoms with Gasteiger partial charge in [0.25, 0.3) is 0 Å². The van der Waals surface area contributed by atoms with Gasteiger partial charge in [0.1, 0.15) is 5.82 Å². The summed E-state index contributed by atoms with van der Waals surface area (Å²) in [6.45, 7) is 0. The Bertz CT molecular complexity index is 972. The molecule has 4 heteroatoms. The normalized spacial score (nSPS) is 10.7. The first kappa shape index (κ1) is 15.7. The van der Waals surface area contributed by atoms with E-state index in [0.717, 1.165) is 33.3 Å². The fourth-order valence-electron chi connectivity index (χ4n) is 2.60. The molecule has 1 heterocycles. The molecule has 3 aromatic carbocycles. The topological polar surface area (TPSA) is 37.8 Å². The summed E-state index contributed by atoms with van der Waals surface area (Å²) in [5.41, 5.74) is 3.23. The van der Waals surface area contributed by atoms with Crippen molar-refractivity contribution < 1.29 is 0 Å². The smallest absolute Gasteiger partial charge is 0.190 e. The highest BCUT2D eigenvalue weighted by atomic mass is 32.2. The van der Waals surface area contributed by atoms with E-state index in [9.17, 15) is 0 Å². The van der Waals surface area contributed by atoms with E-state index in [0.29, 0.717) is 0 Å². The predicted molar refractivity (Wildman–Crippen MR) is 105 cm³/mol. The van der Waals surface area contributed by atoms with Crippen LogP contribution in [0.3, 0.4) is 0 Å². The van der Waals surface area contributed by atoms with Crippen LogP contribution in [0.1, 0.15) is 5.56 Å². The second-order valence-corrected chi connectivity index (χ2v) is 6.58. The van der Waals surface area contributed by atoms with E-state index < -0.39 is 0 Å². The highest BCUT2D eigenvalue weighted by Crippen LogP contribution is 2.28. The van der Waals surface area contributed by atoms with Crippen molar-refractivity contribution in [2.75, 3.05) is 5.32 Å². The summed E-state index contributed by atoms with van der Waals surface area (Å²) in [5.74, 6) is 1.69. The molecule has 0 atom stereocenters. The highest BCUT2D eigenvalue weighted by Gasteiger charge is 2.08. The zero-order chi connectivity index (χ0) is 16.9. The summed E-state index contributed by atoms with van der Waals surface area (Å²) in [6, 6.07) is 28.6. The van der Waals surface area contributed by atoms with Crippen molar-refractivity contribution in [2.45, 2.75) is 10.9 Å². The van der Waals surface area contributed by atoms with Gasteiger partial charge < -0.3 is 5.32 Å². The number of hydrogen-bond donors (Lipinski definition) is 1. The molecule has 0 aliphatic carbocycles. The van der Waals surface area contributed by atoms with E-state index in [2.05, 4.69) is 29.6 Å². The Morgan fingerprint density at radius 1 is 0.720 bits per heavy atom. The number of nitrogens with zero attached hydrogens (tertiary/aromatic N) is 2. The molecule has 3 nitrogen and oxygen atoms in total. The molecule has 0 radical (unpaired) electrons. The van der Waals surface area contributed by atoms with Crippen molar-refractivity contribution in [1.82, 2.24) is 9.97 Å². The molecule has 0 amide bonds. The second kappa shape index (κ2) is 7.36. The molecular weight excluding hydrogens is 326 g/mol. The summed E-state index contributed by atoms with van der Waals surface area (Å²) in [4.78, 5) is 9.46. The molecule has 0 unspecified atom stereocenters. The molecule has 4 aromatic rings. The third kappa shape index (κ3) is 3.80.